The lowest BCUT2D eigenvalue weighted by molar-refractivity contribution is -0.384. The molecule has 1 saturated carbocycles. The number of carbonyl (C=O) groups is 1. The molecule has 2 aliphatic rings. The van der Waals surface area contributed by atoms with Crippen molar-refractivity contribution in [3.63, 3.8) is 0 Å². The molecule has 0 aromatic heterocycles. The van der Waals surface area contributed by atoms with Gasteiger partial charge in [-0.3, -0.25) is 15.0 Å². The van der Waals surface area contributed by atoms with Gasteiger partial charge in [-0.05, 0) is 75.9 Å². The van der Waals surface area contributed by atoms with Gasteiger partial charge in [0.2, 0.25) is 0 Å². The van der Waals surface area contributed by atoms with Crippen LogP contribution in [0.15, 0.2) is 48.0 Å². The van der Waals surface area contributed by atoms with Crippen LogP contribution < -0.4 is 4.90 Å². The lowest BCUT2D eigenvalue weighted by atomic mass is 9.52. The maximum Gasteiger partial charge on any atom is 0.415 e. The Bertz CT molecular complexity index is 1110. The zero-order valence-corrected chi connectivity index (χ0v) is 18.9. The summed E-state index contributed by atoms with van der Waals surface area (Å²) in [7, 11) is 0. The first-order valence-electron chi connectivity index (χ1n) is 10.5. The Morgan fingerprint density at radius 3 is 2.39 bits per heavy atom. The molecule has 2 aromatic rings. The third-order valence-corrected chi connectivity index (χ3v) is 6.70. The van der Waals surface area contributed by atoms with Gasteiger partial charge in [0.25, 0.3) is 5.69 Å². The fourth-order valence-corrected chi connectivity index (χ4v) is 4.92. The fraction of sp³-hybridized carbons (Fsp3) is 0.400. The van der Waals surface area contributed by atoms with Crippen molar-refractivity contribution in [1.82, 2.24) is 0 Å². The molecule has 0 spiro atoms. The first-order chi connectivity index (χ1) is 14.4. The molecule has 1 aliphatic carbocycles. The van der Waals surface area contributed by atoms with Gasteiger partial charge in [0.15, 0.2) is 0 Å². The van der Waals surface area contributed by atoms with Crippen LogP contribution in [0.3, 0.4) is 0 Å². The van der Waals surface area contributed by atoms with Crippen LogP contribution in [0.4, 0.5) is 16.2 Å². The van der Waals surface area contributed by atoms with Crippen molar-refractivity contribution < 1.29 is 14.5 Å². The number of amides is 1. The van der Waals surface area contributed by atoms with E-state index in [0.29, 0.717) is 0 Å². The number of anilines is 1. The molecule has 6 heteroatoms. The molecule has 1 fully saturated rings. The van der Waals surface area contributed by atoms with Crippen molar-refractivity contribution in [2.45, 2.75) is 64.5 Å². The number of fused-ring (bicyclic) bond motifs is 3. The zero-order valence-electron chi connectivity index (χ0n) is 18.9. The van der Waals surface area contributed by atoms with Gasteiger partial charge in [0.05, 0.1) is 16.1 Å². The third kappa shape index (κ3) is 3.12. The Morgan fingerprint density at radius 1 is 1.16 bits per heavy atom. The van der Waals surface area contributed by atoms with E-state index in [1.807, 2.05) is 39.0 Å². The van der Waals surface area contributed by atoms with E-state index < -0.39 is 16.1 Å². The van der Waals surface area contributed by atoms with Crippen LogP contribution >= 0.6 is 0 Å². The summed E-state index contributed by atoms with van der Waals surface area (Å²) in [5.74, 6) is 0. The lowest BCUT2D eigenvalue weighted by Gasteiger charge is -2.57. The second-order valence-corrected chi connectivity index (χ2v) is 9.94. The van der Waals surface area contributed by atoms with E-state index in [9.17, 15) is 14.9 Å². The summed E-state index contributed by atoms with van der Waals surface area (Å²) < 4.78 is 5.80. The summed E-state index contributed by atoms with van der Waals surface area (Å²) in [6.07, 6.45) is 2.48. The molecule has 1 amide bonds. The Morgan fingerprint density at radius 2 is 1.81 bits per heavy atom. The van der Waals surface area contributed by atoms with Gasteiger partial charge < -0.3 is 4.74 Å². The summed E-state index contributed by atoms with van der Waals surface area (Å²) in [5.41, 5.74) is 3.81. The van der Waals surface area contributed by atoms with Gasteiger partial charge in [-0.1, -0.05) is 30.7 Å². The molecule has 31 heavy (non-hydrogen) atoms. The van der Waals surface area contributed by atoms with Crippen LogP contribution in [-0.4, -0.2) is 22.2 Å². The molecule has 0 radical (unpaired) electrons. The molecule has 6 nitrogen and oxygen atoms in total. The van der Waals surface area contributed by atoms with Crippen molar-refractivity contribution in [2.75, 3.05) is 4.90 Å². The molecule has 0 saturated heterocycles. The molecule has 1 heterocycles. The standard InChI is InChI=1S/C25H28N2O4/c1-16-7-12-21-20(13-16)24(5)15-18(14-17-8-10-19(11-9-17)27(29)30)25(24,6)26(21)22(28)31-23(2,3)4/h7-14H,15H2,1-6H3/b18-14+/t24-,25-/m0/s1. The lowest BCUT2D eigenvalue weighted by Crippen LogP contribution is -2.65. The summed E-state index contributed by atoms with van der Waals surface area (Å²) in [4.78, 5) is 25.7. The van der Waals surface area contributed by atoms with Crippen LogP contribution in [0.1, 0.15) is 57.7 Å². The summed E-state index contributed by atoms with van der Waals surface area (Å²) in [6, 6.07) is 12.7. The number of ether oxygens (including phenoxy) is 1. The van der Waals surface area contributed by atoms with E-state index in [0.717, 1.165) is 34.4 Å². The number of aryl methyl sites for hydroxylation is 1. The van der Waals surface area contributed by atoms with Crippen LogP contribution in [0.2, 0.25) is 0 Å². The van der Waals surface area contributed by atoms with E-state index in [1.54, 1.807) is 17.0 Å². The summed E-state index contributed by atoms with van der Waals surface area (Å²) in [5, 5.41) is 11.0. The first-order valence-corrected chi connectivity index (χ1v) is 10.5. The normalized spacial score (nSPS) is 25.6. The fourth-order valence-electron chi connectivity index (χ4n) is 4.92. The molecule has 0 N–H and O–H groups in total. The number of hydrogen-bond acceptors (Lipinski definition) is 4. The summed E-state index contributed by atoms with van der Waals surface area (Å²) >= 11 is 0. The predicted molar refractivity (Wildman–Crippen MR) is 121 cm³/mol. The van der Waals surface area contributed by atoms with Crippen molar-refractivity contribution in [2.24, 2.45) is 0 Å². The van der Waals surface area contributed by atoms with Gasteiger partial charge >= 0.3 is 6.09 Å². The maximum absolute atomic E-state index is 13.4. The van der Waals surface area contributed by atoms with Crippen molar-refractivity contribution in [1.29, 1.82) is 0 Å². The second-order valence-electron chi connectivity index (χ2n) is 9.94. The van der Waals surface area contributed by atoms with Gasteiger partial charge in [-0.2, -0.15) is 0 Å². The smallest absolute Gasteiger partial charge is 0.415 e. The second kappa shape index (κ2) is 6.67. The summed E-state index contributed by atoms with van der Waals surface area (Å²) in [6.45, 7) is 12.0. The Labute approximate surface area is 182 Å². The van der Waals surface area contributed by atoms with Crippen LogP contribution in [0.25, 0.3) is 6.08 Å². The van der Waals surface area contributed by atoms with Crippen molar-refractivity contribution >= 4 is 23.5 Å². The van der Waals surface area contributed by atoms with Crippen LogP contribution in [0, 0.1) is 17.0 Å². The Kier molecular flexibility index (Phi) is 4.54. The minimum Gasteiger partial charge on any atom is -0.443 e. The number of hydrogen-bond donors (Lipinski definition) is 0. The molecular formula is C25H28N2O4. The Balaban J connectivity index is 1.80. The van der Waals surface area contributed by atoms with Gasteiger partial charge in [0.1, 0.15) is 5.60 Å². The molecule has 0 bridgehead atoms. The quantitative estimate of drug-likeness (QED) is 0.431. The van der Waals surface area contributed by atoms with Crippen molar-refractivity contribution in [3.05, 3.63) is 74.8 Å². The van der Waals surface area contributed by atoms with Gasteiger partial charge in [-0.25, -0.2) is 4.79 Å². The third-order valence-electron chi connectivity index (χ3n) is 6.70. The van der Waals surface area contributed by atoms with Gasteiger partial charge in [-0.15, -0.1) is 0 Å². The average Bonchev–Trinajstić information content (AvgIpc) is 2.81. The number of benzene rings is 2. The van der Waals surface area contributed by atoms with E-state index in [-0.39, 0.29) is 17.2 Å². The number of rotatable bonds is 2. The molecule has 2 atom stereocenters. The van der Waals surface area contributed by atoms with E-state index in [2.05, 4.69) is 26.8 Å². The number of carbonyl (C=O) groups excluding carboxylic acids is 1. The topological polar surface area (TPSA) is 72.7 Å². The zero-order chi connectivity index (χ0) is 22.8. The minimum absolute atomic E-state index is 0.0611. The number of nitro benzene ring substituents is 1. The molecule has 1 aliphatic heterocycles. The monoisotopic (exact) mass is 420 g/mol. The number of nitrogens with zero attached hydrogens (tertiary/aromatic N) is 2. The molecular weight excluding hydrogens is 392 g/mol. The highest BCUT2D eigenvalue weighted by atomic mass is 16.6. The highest BCUT2D eigenvalue weighted by molar-refractivity contribution is 5.97. The van der Waals surface area contributed by atoms with E-state index in [1.165, 1.54) is 12.1 Å². The molecule has 4 rings (SSSR count). The molecule has 0 unspecified atom stereocenters. The largest absolute Gasteiger partial charge is 0.443 e. The highest BCUT2D eigenvalue weighted by Crippen LogP contribution is 2.66. The molecule has 2 aromatic carbocycles. The van der Waals surface area contributed by atoms with Gasteiger partial charge in [0, 0.05) is 17.5 Å². The molecule has 162 valence electrons. The Hall–Kier alpha value is -3.15. The number of nitro groups is 1. The average molecular weight is 421 g/mol. The predicted octanol–water partition coefficient (Wildman–Crippen LogP) is 6.16. The SMILES string of the molecule is Cc1ccc2c(c1)[C@]1(C)C/C(=C\c3ccc([N+](=O)[O-])cc3)[C@]1(C)N2C(=O)OC(C)(C)C. The van der Waals surface area contributed by atoms with E-state index in [4.69, 9.17) is 4.74 Å². The number of non-ortho nitro benzene ring substituents is 1. The highest BCUT2D eigenvalue weighted by Gasteiger charge is 2.67. The van der Waals surface area contributed by atoms with Crippen LogP contribution in [0.5, 0.6) is 0 Å². The maximum atomic E-state index is 13.4. The van der Waals surface area contributed by atoms with E-state index >= 15 is 0 Å². The van der Waals surface area contributed by atoms with Crippen molar-refractivity contribution in [3.8, 4) is 0 Å². The van der Waals surface area contributed by atoms with Crippen LogP contribution in [-0.2, 0) is 10.2 Å². The first kappa shape index (κ1) is 21.1. The minimum atomic E-state index is -0.608.